The highest BCUT2D eigenvalue weighted by molar-refractivity contribution is 7.89. The van der Waals surface area contributed by atoms with Gasteiger partial charge in [0.15, 0.2) is 0 Å². The quantitative estimate of drug-likeness (QED) is 0.505. The van der Waals surface area contributed by atoms with E-state index in [-0.39, 0.29) is 41.9 Å². The van der Waals surface area contributed by atoms with Crippen molar-refractivity contribution in [1.29, 1.82) is 0 Å². The van der Waals surface area contributed by atoms with Crippen molar-refractivity contribution >= 4 is 26.8 Å². The molecular weight excluding hydrogens is 475 g/mol. The summed E-state index contributed by atoms with van der Waals surface area (Å²) in [5, 5.41) is 0.473. The lowest BCUT2D eigenvalue weighted by Crippen LogP contribution is -2.45. The Hall–Kier alpha value is -3.15. The lowest BCUT2D eigenvalue weighted by Gasteiger charge is -2.33. The number of benzene rings is 2. The van der Waals surface area contributed by atoms with E-state index in [1.54, 1.807) is 29.2 Å². The fourth-order valence-corrected chi connectivity index (χ4v) is 5.69. The van der Waals surface area contributed by atoms with Gasteiger partial charge < -0.3 is 14.6 Å². The van der Waals surface area contributed by atoms with E-state index < -0.39 is 15.8 Å². The number of hydrogen-bond acceptors (Lipinski definition) is 6. The number of nitrogens with zero attached hydrogens (tertiary/aromatic N) is 3. The number of amides is 1. The summed E-state index contributed by atoms with van der Waals surface area (Å²) in [5.74, 6) is -0.656. The number of fused-ring (bicyclic) bond motifs is 1. The van der Waals surface area contributed by atoms with E-state index in [1.807, 2.05) is 0 Å². The lowest BCUT2D eigenvalue weighted by atomic mass is 9.96. The highest BCUT2D eigenvalue weighted by Crippen LogP contribution is 2.25. The van der Waals surface area contributed by atoms with Crippen molar-refractivity contribution in [3.63, 3.8) is 0 Å². The zero-order chi connectivity index (χ0) is 25.0. The van der Waals surface area contributed by atoms with Crippen LogP contribution in [-0.4, -0.2) is 66.8 Å². The molecule has 0 saturated carbocycles. The molecule has 1 aliphatic heterocycles. The molecule has 9 nitrogen and oxygen atoms in total. The molecule has 0 bridgehead atoms. The number of carbonyl (C=O) groups is 1. The van der Waals surface area contributed by atoms with Gasteiger partial charge in [-0.1, -0.05) is 12.1 Å². The van der Waals surface area contributed by atoms with E-state index in [2.05, 4.69) is 9.97 Å². The van der Waals surface area contributed by atoms with E-state index in [0.29, 0.717) is 42.7 Å². The largest absolute Gasteiger partial charge is 0.383 e. The normalized spacial score (nSPS) is 15.4. The van der Waals surface area contributed by atoms with Gasteiger partial charge in [0.25, 0.3) is 5.56 Å². The first kappa shape index (κ1) is 25.0. The van der Waals surface area contributed by atoms with Crippen LogP contribution in [0.2, 0.25) is 0 Å². The van der Waals surface area contributed by atoms with Crippen LogP contribution in [0.4, 0.5) is 4.39 Å². The Kier molecular flexibility index (Phi) is 7.58. The molecule has 0 aliphatic carbocycles. The van der Waals surface area contributed by atoms with Gasteiger partial charge in [-0.2, -0.15) is 4.31 Å². The van der Waals surface area contributed by atoms with Crippen molar-refractivity contribution in [3.8, 4) is 0 Å². The molecule has 1 saturated heterocycles. The molecule has 2 aromatic carbocycles. The molecule has 0 unspecified atom stereocenters. The minimum absolute atomic E-state index is 0.0248. The molecule has 4 rings (SSSR count). The third-order valence-corrected chi connectivity index (χ3v) is 8.05. The van der Waals surface area contributed by atoms with E-state index >= 15 is 0 Å². The van der Waals surface area contributed by atoms with Gasteiger partial charge in [-0.15, -0.1) is 0 Å². The second kappa shape index (κ2) is 10.6. The Bertz CT molecular complexity index is 1350. The van der Waals surface area contributed by atoms with Crippen LogP contribution in [0.1, 0.15) is 18.7 Å². The Labute approximate surface area is 202 Å². The van der Waals surface area contributed by atoms with E-state index in [0.717, 1.165) is 12.1 Å². The van der Waals surface area contributed by atoms with Crippen molar-refractivity contribution < 1.29 is 22.3 Å². The Morgan fingerprint density at radius 3 is 2.54 bits per heavy atom. The maximum Gasteiger partial charge on any atom is 0.258 e. The van der Waals surface area contributed by atoms with Crippen LogP contribution in [0.3, 0.4) is 0 Å². The summed E-state index contributed by atoms with van der Waals surface area (Å²) in [6.45, 7) is 1.08. The number of nitrogens with one attached hydrogen (secondary N) is 1. The summed E-state index contributed by atoms with van der Waals surface area (Å²) in [5.41, 5.74) is 0.272. The summed E-state index contributed by atoms with van der Waals surface area (Å²) in [6.07, 6.45) is 0.703. The van der Waals surface area contributed by atoms with Gasteiger partial charge >= 0.3 is 0 Å². The lowest BCUT2D eigenvalue weighted by molar-refractivity contribution is -0.138. The standard InChI is InChI=1S/C24H27FN4O5S/c1-34-15-14-28(16-22-26-21-5-3-2-4-20(21)23(30)27-22)24(31)17-10-12-29(13-11-17)35(32,33)19-8-6-18(25)7-9-19/h2-9,17H,10-16H2,1H3,(H,26,27,30). The van der Waals surface area contributed by atoms with Gasteiger partial charge in [-0.25, -0.2) is 17.8 Å². The Morgan fingerprint density at radius 2 is 1.86 bits per heavy atom. The average molecular weight is 503 g/mol. The van der Waals surface area contributed by atoms with Gasteiger partial charge in [0.2, 0.25) is 15.9 Å². The SMILES string of the molecule is COCCN(Cc1nc2ccccc2c(=O)[nH]1)C(=O)C1CCN(S(=O)(=O)c2ccc(F)cc2)CC1. The summed E-state index contributed by atoms with van der Waals surface area (Å²) in [7, 11) is -2.23. The van der Waals surface area contributed by atoms with Crippen LogP contribution in [-0.2, 0) is 26.1 Å². The van der Waals surface area contributed by atoms with Crippen LogP contribution >= 0.6 is 0 Å². The summed E-state index contributed by atoms with van der Waals surface area (Å²) in [4.78, 5) is 34.6. The summed E-state index contributed by atoms with van der Waals surface area (Å²) in [6, 6.07) is 11.7. The number of para-hydroxylation sites is 1. The van der Waals surface area contributed by atoms with Gasteiger partial charge in [-0.3, -0.25) is 9.59 Å². The Balaban J connectivity index is 1.46. The molecule has 3 aromatic rings. The number of hydrogen-bond donors (Lipinski definition) is 1. The van der Waals surface area contributed by atoms with Crippen molar-refractivity contribution in [2.75, 3.05) is 33.4 Å². The van der Waals surface area contributed by atoms with Crippen molar-refractivity contribution in [2.24, 2.45) is 5.92 Å². The first-order chi connectivity index (χ1) is 16.8. The minimum Gasteiger partial charge on any atom is -0.383 e. The van der Waals surface area contributed by atoms with Crippen LogP contribution in [0.25, 0.3) is 10.9 Å². The molecule has 0 spiro atoms. The molecular formula is C24H27FN4O5S. The van der Waals surface area contributed by atoms with Gasteiger partial charge in [0.05, 0.1) is 29.0 Å². The number of methoxy groups -OCH3 is 1. The maximum absolute atomic E-state index is 13.4. The van der Waals surface area contributed by atoms with Crippen molar-refractivity contribution in [3.05, 3.63) is 70.5 Å². The minimum atomic E-state index is -3.76. The number of carbonyl (C=O) groups excluding carboxylic acids is 1. The first-order valence-electron chi connectivity index (χ1n) is 11.3. The molecule has 186 valence electrons. The van der Waals surface area contributed by atoms with Crippen LogP contribution in [0, 0.1) is 11.7 Å². The zero-order valence-corrected chi connectivity index (χ0v) is 20.1. The van der Waals surface area contributed by atoms with E-state index in [1.165, 1.54) is 23.5 Å². The van der Waals surface area contributed by atoms with Crippen LogP contribution in [0.5, 0.6) is 0 Å². The summed E-state index contributed by atoms with van der Waals surface area (Å²) < 4.78 is 45.4. The summed E-state index contributed by atoms with van der Waals surface area (Å²) >= 11 is 0. The zero-order valence-electron chi connectivity index (χ0n) is 19.3. The van der Waals surface area contributed by atoms with Crippen molar-refractivity contribution in [2.45, 2.75) is 24.3 Å². The number of piperidine rings is 1. The predicted molar refractivity (Wildman–Crippen MR) is 128 cm³/mol. The molecule has 1 N–H and O–H groups in total. The molecule has 2 heterocycles. The highest BCUT2D eigenvalue weighted by Gasteiger charge is 2.34. The van der Waals surface area contributed by atoms with Gasteiger partial charge in [0.1, 0.15) is 11.6 Å². The van der Waals surface area contributed by atoms with E-state index in [4.69, 9.17) is 4.74 Å². The third-order valence-electron chi connectivity index (χ3n) is 6.13. The average Bonchev–Trinajstić information content (AvgIpc) is 2.86. The number of H-pyrrole nitrogens is 1. The first-order valence-corrected chi connectivity index (χ1v) is 12.7. The third kappa shape index (κ3) is 5.58. The molecule has 11 heteroatoms. The molecule has 1 aromatic heterocycles. The number of sulfonamides is 1. The fourth-order valence-electron chi connectivity index (χ4n) is 4.22. The van der Waals surface area contributed by atoms with Gasteiger partial charge in [-0.05, 0) is 49.2 Å². The molecule has 0 atom stereocenters. The van der Waals surface area contributed by atoms with E-state index in [9.17, 15) is 22.4 Å². The monoisotopic (exact) mass is 502 g/mol. The molecule has 35 heavy (non-hydrogen) atoms. The molecule has 0 radical (unpaired) electrons. The second-order valence-corrected chi connectivity index (χ2v) is 10.4. The number of halogens is 1. The Morgan fingerprint density at radius 1 is 1.17 bits per heavy atom. The maximum atomic E-state index is 13.4. The van der Waals surface area contributed by atoms with Crippen molar-refractivity contribution in [1.82, 2.24) is 19.2 Å². The smallest absolute Gasteiger partial charge is 0.258 e. The highest BCUT2D eigenvalue weighted by atomic mass is 32.2. The molecule has 1 aliphatic rings. The molecule has 1 amide bonds. The number of aromatic nitrogens is 2. The van der Waals surface area contributed by atoms with Crippen LogP contribution in [0.15, 0.2) is 58.2 Å². The fraction of sp³-hybridized carbons (Fsp3) is 0.375. The van der Waals surface area contributed by atoms with Crippen LogP contribution < -0.4 is 5.56 Å². The van der Waals surface area contributed by atoms with Gasteiger partial charge in [0, 0.05) is 32.7 Å². The predicted octanol–water partition coefficient (Wildman–Crippen LogP) is 2.14. The number of rotatable bonds is 8. The number of ether oxygens (including phenoxy) is 1. The topological polar surface area (TPSA) is 113 Å². The number of aromatic amines is 1. The molecule has 1 fully saturated rings. The second-order valence-electron chi connectivity index (χ2n) is 8.41.